The summed E-state index contributed by atoms with van der Waals surface area (Å²) in [5.74, 6) is 3.13. The molecule has 7 nitrogen and oxygen atoms in total. The summed E-state index contributed by atoms with van der Waals surface area (Å²) in [4.78, 5) is 32.1. The van der Waals surface area contributed by atoms with Gasteiger partial charge in [0.15, 0.2) is 4.80 Å². The zero-order valence-electron chi connectivity index (χ0n) is 21.2. The van der Waals surface area contributed by atoms with Gasteiger partial charge < -0.3 is 14.2 Å². The van der Waals surface area contributed by atoms with Crippen LogP contribution in [-0.4, -0.2) is 29.9 Å². The van der Waals surface area contributed by atoms with E-state index in [4.69, 9.17) is 20.6 Å². The van der Waals surface area contributed by atoms with Crippen LogP contribution in [0.3, 0.4) is 0 Å². The Morgan fingerprint density at radius 2 is 2.03 bits per heavy atom. The fraction of sp³-hybridized carbons (Fsp3) is 0.276. The second-order valence-electron chi connectivity index (χ2n) is 8.57. The van der Waals surface area contributed by atoms with Gasteiger partial charge in [-0.1, -0.05) is 47.6 Å². The highest BCUT2D eigenvalue weighted by Gasteiger charge is 2.35. The highest BCUT2D eigenvalue weighted by atomic mass is 32.1. The lowest BCUT2D eigenvalue weighted by molar-refractivity contribution is -0.139. The number of aromatic nitrogens is 1. The van der Waals surface area contributed by atoms with E-state index < -0.39 is 12.0 Å². The zero-order chi connectivity index (χ0) is 26.5. The van der Waals surface area contributed by atoms with Crippen molar-refractivity contribution in [1.29, 1.82) is 0 Å². The standard InChI is InChI=1S/C29H28N2O5S/c1-6-15-35-21-12-10-11-20(16-21)17-24-27(32)31-26(22-13-8-9-14-23(22)36-18(3)4)25(28(33)34-7-2)19(5)30-29(31)37-24/h1,8-14,16-18,26H,7,15H2,2-5H3/b24-17-/t26-/m0/s1. The Kier molecular flexibility index (Phi) is 7.95. The summed E-state index contributed by atoms with van der Waals surface area (Å²) in [6.07, 6.45) is 6.97. The van der Waals surface area contributed by atoms with E-state index in [9.17, 15) is 9.59 Å². The Balaban J connectivity index is 1.92. The lowest BCUT2D eigenvalue weighted by Crippen LogP contribution is -2.40. The van der Waals surface area contributed by atoms with E-state index in [1.54, 1.807) is 30.6 Å². The fourth-order valence-electron chi connectivity index (χ4n) is 4.12. The number of benzene rings is 2. The summed E-state index contributed by atoms with van der Waals surface area (Å²) >= 11 is 1.26. The molecule has 0 N–H and O–H groups in total. The molecule has 3 aromatic rings. The van der Waals surface area contributed by atoms with Gasteiger partial charge in [-0.2, -0.15) is 0 Å². The van der Waals surface area contributed by atoms with Gasteiger partial charge in [0.1, 0.15) is 24.1 Å². The minimum atomic E-state index is -0.752. The molecule has 1 aliphatic heterocycles. The first-order valence-corrected chi connectivity index (χ1v) is 12.8. The molecule has 0 bridgehead atoms. The number of esters is 1. The van der Waals surface area contributed by atoms with Crippen molar-refractivity contribution < 1.29 is 19.0 Å². The van der Waals surface area contributed by atoms with Gasteiger partial charge in [0.25, 0.3) is 5.56 Å². The van der Waals surface area contributed by atoms with E-state index in [2.05, 4.69) is 10.9 Å². The van der Waals surface area contributed by atoms with Crippen molar-refractivity contribution in [3.8, 4) is 23.8 Å². The number of allylic oxidation sites excluding steroid dienone is 1. The average molecular weight is 517 g/mol. The van der Waals surface area contributed by atoms with E-state index in [0.29, 0.717) is 37.7 Å². The molecular formula is C29H28N2O5S. The van der Waals surface area contributed by atoms with Crippen LogP contribution in [0.2, 0.25) is 0 Å². The van der Waals surface area contributed by atoms with Crippen LogP contribution in [0.5, 0.6) is 11.5 Å². The molecule has 8 heteroatoms. The van der Waals surface area contributed by atoms with E-state index in [-0.39, 0.29) is 24.9 Å². The van der Waals surface area contributed by atoms with Crippen molar-refractivity contribution in [3.05, 3.63) is 90.6 Å². The maximum atomic E-state index is 13.8. The summed E-state index contributed by atoms with van der Waals surface area (Å²) in [6.45, 7) is 7.71. The molecule has 1 atom stereocenters. The van der Waals surface area contributed by atoms with Crippen molar-refractivity contribution in [2.75, 3.05) is 13.2 Å². The largest absolute Gasteiger partial charge is 0.491 e. The Labute approximate surface area is 219 Å². The Bertz CT molecular complexity index is 1570. The van der Waals surface area contributed by atoms with Gasteiger partial charge in [-0.05, 0) is 57.5 Å². The summed E-state index contributed by atoms with van der Waals surface area (Å²) in [6, 6.07) is 14.0. The first-order chi connectivity index (χ1) is 17.8. The molecule has 4 rings (SSSR count). The minimum Gasteiger partial charge on any atom is -0.491 e. The van der Waals surface area contributed by atoms with Crippen molar-refractivity contribution in [3.63, 3.8) is 0 Å². The number of thiazole rings is 1. The topological polar surface area (TPSA) is 79.1 Å². The van der Waals surface area contributed by atoms with Gasteiger partial charge in [0.05, 0.1) is 28.5 Å². The van der Waals surface area contributed by atoms with Crippen molar-refractivity contribution in [2.24, 2.45) is 4.99 Å². The second kappa shape index (κ2) is 11.3. The van der Waals surface area contributed by atoms with Gasteiger partial charge in [0, 0.05) is 5.56 Å². The number of carbonyl (C=O) groups excluding carboxylic acids is 1. The molecule has 2 aromatic carbocycles. The Morgan fingerprint density at radius 3 is 2.76 bits per heavy atom. The molecule has 1 aromatic heterocycles. The summed E-state index contributed by atoms with van der Waals surface area (Å²) in [5, 5.41) is 0. The predicted molar refractivity (Wildman–Crippen MR) is 143 cm³/mol. The second-order valence-corrected chi connectivity index (χ2v) is 9.58. The molecule has 0 radical (unpaired) electrons. The Hall–Kier alpha value is -4.09. The van der Waals surface area contributed by atoms with Crippen molar-refractivity contribution in [1.82, 2.24) is 4.57 Å². The lowest BCUT2D eigenvalue weighted by atomic mass is 9.95. The normalized spacial score (nSPS) is 15.1. The van der Waals surface area contributed by atoms with Crippen LogP contribution in [0, 0.1) is 12.3 Å². The van der Waals surface area contributed by atoms with Gasteiger partial charge in [0.2, 0.25) is 0 Å². The number of para-hydroxylation sites is 1. The van der Waals surface area contributed by atoms with E-state index >= 15 is 0 Å². The molecule has 37 heavy (non-hydrogen) atoms. The van der Waals surface area contributed by atoms with Crippen LogP contribution in [0.25, 0.3) is 6.08 Å². The summed E-state index contributed by atoms with van der Waals surface area (Å²) in [7, 11) is 0. The number of carbonyl (C=O) groups is 1. The third kappa shape index (κ3) is 5.52. The fourth-order valence-corrected chi connectivity index (χ4v) is 5.17. The third-order valence-corrected chi connectivity index (χ3v) is 6.55. The maximum Gasteiger partial charge on any atom is 0.338 e. The highest BCUT2D eigenvalue weighted by Crippen LogP contribution is 2.36. The molecule has 1 aliphatic rings. The zero-order valence-corrected chi connectivity index (χ0v) is 22.0. The Morgan fingerprint density at radius 1 is 1.24 bits per heavy atom. The van der Waals surface area contributed by atoms with Gasteiger partial charge in [-0.3, -0.25) is 9.36 Å². The molecule has 190 valence electrons. The lowest BCUT2D eigenvalue weighted by Gasteiger charge is -2.26. The number of ether oxygens (including phenoxy) is 3. The molecule has 0 aliphatic carbocycles. The predicted octanol–water partition coefficient (Wildman–Crippen LogP) is 3.60. The van der Waals surface area contributed by atoms with Crippen LogP contribution in [0.1, 0.15) is 44.9 Å². The molecule has 0 fully saturated rings. The molecule has 0 spiro atoms. The van der Waals surface area contributed by atoms with Gasteiger partial charge in [-0.15, -0.1) is 6.42 Å². The number of hydrogen-bond acceptors (Lipinski definition) is 7. The molecule has 0 amide bonds. The molecule has 0 unspecified atom stereocenters. The van der Waals surface area contributed by atoms with Crippen LogP contribution < -0.4 is 24.4 Å². The van der Waals surface area contributed by atoms with Crippen molar-refractivity contribution >= 4 is 23.4 Å². The summed E-state index contributed by atoms with van der Waals surface area (Å²) < 4.78 is 19.0. The summed E-state index contributed by atoms with van der Waals surface area (Å²) in [5.41, 5.74) is 2.01. The number of terminal acetylenes is 1. The first-order valence-electron chi connectivity index (χ1n) is 12.0. The maximum absolute atomic E-state index is 13.8. The van der Waals surface area contributed by atoms with E-state index in [1.807, 2.05) is 56.3 Å². The number of fused-ring (bicyclic) bond motifs is 1. The number of hydrogen-bond donors (Lipinski definition) is 0. The highest BCUT2D eigenvalue weighted by molar-refractivity contribution is 7.07. The average Bonchev–Trinajstić information content (AvgIpc) is 3.16. The third-order valence-electron chi connectivity index (χ3n) is 5.57. The number of rotatable bonds is 8. The number of nitrogens with zero attached hydrogens (tertiary/aromatic N) is 2. The molecule has 0 saturated heterocycles. The van der Waals surface area contributed by atoms with E-state index in [1.165, 1.54) is 11.3 Å². The molecular weight excluding hydrogens is 488 g/mol. The van der Waals surface area contributed by atoms with Crippen LogP contribution in [0.4, 0.5) is 0 Å². The van der Waals surface area contributed by atoms with Crippen LogP contribution in [-0.2, 0) is 9.53 Å². The van der Waals surface area contributed by atoms with Gasteiger partial charge >= 0.3 is 5.97 Å². The first kappa shape index (κ1) is 26.0. The van der Waals surface area contributed by atoms with E-state index in [0.717, 1.165) is 5.56 Å². The quantitative estimate of drug-likeness (QED) is 0.338. The molecule has 2 heterocycles. The van der Waals surface area contributed by atoms with Crippen molar-refractivity contribution in [2.45, 2.75) is 39.8 Å². The van der Waals surface area contributed by atoms with Crippen LogP contribution in [0.15, 0.2) is 69.6 Å². The SMILES string of the molecule is C#CCOc1cccc(/C=c2\sc3n(c2=O)[C@@H](c2ccccc2OC(C)C)C(C(=O)OCC)=C(C)N=3)c1. The monoisotopic (exact) mass is 516 g/mol. The molecule has 0 saturated carbocycles. The minimum absolute atomic E-state index is 0.0999. The van der Waals surface area contributed by atoms with Crippen LogP contribution >= 0.6 is 11.3 Å². The van der Waals surface area contributed by atoms with Gasteiger partial charge in [-0.25, -0.2) is 9.79 Å². The smallest absolute Gasteiger partial charge is 0.338 e.